The monoisotopic (exact) mass is 407 g/mol. The molecule has 1 atom stereocenters. The zero-order valence-electron chi connectivity index (χ0n) is 18.2. The van der Waals surface area contributed by atoms with Crippen molar-refractivity contribution >= 4 is 12.1 Å². The van der Waals surface area contributed by atoms with Crippen LogP contribution in [-0.2, 0) is 11.3 Å². The maximum absolute atomic E-state index is 13.0. The van der Waals surface area contributed by atoms with Crippen LogP contribution in [0.15, 0.2) is 29.3 Å². The number of amides is 1. The number of likely N-dealkylation sites (tertiary alicyclic amines) is 1. The van der Waals surface area contributed by atoms with Gasteiger partial charge in [-0.2, -0.15) is 0 Å². The van der Waals surface area contributed by atoms with E-state index in [-0.39, 0.29) is 18.0 Å². The molecule has 0 aromatic heterocycles. The van der Waals surface area contributed by atoms with Crippen molar-refractivity contribution < 1.29 is 13.9 Å². The lowest BCUT2D eigenvalue weighted by Gasteiger charge is -2.24. The predicted molar refractivity (Wildman–Crippen MR) is 113 cm³/mol. The molecular weight excluding hydrogens is 373 g/mol. The van der Waals surface area contributed by atoms with E-state index in [4.69, 9.17) is 4.74 Å². The van der Waals surface area contributed by atoms with Crippen LogP contribution in [0.4, 0.5) is 9.18 Å². The number of halogens is 1. The molecule has 1 heterocycles. The molecule has 1 saturated heterocycles. The maximum Gasteiger partial charge on any atom is 0.407 e. The molecule has 1 aromatic carbocycles. The molecule has 0 bridgehead atoms. The van der Waals surface area contributed by atoms with Gasteiger partial charge in [0, 0.05) is 39.8 Å². The SMILES string of the molecule is CN=C(NCCN(C)Cc1ccc(F)cc1)N1CC[C@@H](NC(=O)OC(C)(C)C)C1. The Morgan fingerprint density at radius 1 is 1.34 bits per heavy atom. The van der Waals surface area contributed by atoms with Crippen LogP contribution in [-0.4, -0.2) is 73.8 Å². The Bertz CT molecular complexity index is 687. The fourth-order valence-electron chi connectivity index (χ4n) is 3.22. The van der Waals surface area contributed by atoms with Crippen molar-refractivity contribution in [3.05, 3.63) is 35.6 Å². The summed E-state index contributed by atoms with van der Waals surface area (Å²) in [4.78, 5) is 20.6. The highest BCUT2D eigenvalue weighted by Gasteiger charge is 2.27. The van der Waals surface area contributed by atoms with Gasteiger partial charge in [-0.1, -0.05) is 12.1 Å². The minimum Gasteiger partial charge on any atom is -0.444 e. The third-order valence-corrected chi connectivity index (χ3v) is 4.56. The molecular formula is C21H34FN5O2. The summed E-state index contributed by atoms with van der Waals surface area (Å²) in [5.41, 5.74) is 0.578. The topological polar surface area (TPSA) is 69.2 Å². The normalized spacial score (nSPS) is 17.6. The number of hydrogen-bond acceptors (Lipinski definition) is 4. The smallest absolute Gasteiger partial charge is 0.407 e. The summed E-state index contributed by atoms with van der Waals surface area (Å²) in [6.45, 7) is 9.40. The van der Waals surface area contributed by atoms with Gasteiger partial charge in [-0.25, -0.2) is 9.18 Å². The molecule has 1 aliphatic rings. The Kier molecular flexibility index (Phi) is 8.25. The number of aliphatic imine (C=N–C) groups is 1. The van der Waals surface area contributed by atoms with Crippen LogP contribution in [0.3, 0.4) is 0 Å². The second kappa shape index (κ2) is 10.4. The Morgan fingerprint density at radius 2 is 2.03 bits per heavy atom. The van der Waals surface area contributed by atoms with Crippen LogP contribution in [0, 0.1) is 5.82 Å². The number of ether oxygens (including phenoxy) is 1. The first-order valence-electron chi connectivity index (χ1n) is 10.0. The highest BCUT2D eigenvalue weighted by atomic mass is 19.1. The highest BCUT2D eigenvalue weighted by molar-refractivity contribution is 5.80. The first kappa shape index (κ1) is 22.9. The van der Waals surface area contributed by atoms with E-state index < -0.39 is 5.60 Å². The lowest BCUT2D eigenvalue weighted by Crippen LogP contribution is -2.45. The van der Waals surface area contributed by atoms with Crippen LogP contribution < -0.4 is 10.6 Å². The summed E-state index contributed by atoms with van der Waals surface area (Å²) in [5, 5.41) is 6.31. The van der Waals surface area contributed by atoms with E-state index in [0.29, 0.717) is 6.54 Å². The molecule has 2 rings (SSSR count). The van der Waals surface area contributed by atoms with E-state index in [0.717, 1.165) is 44.1 Å². The van der Waals surface area contributed by atoms with E-state index in [1.165, 1.54) is 12.1 Å². The Labute approximate surface area is 173 Å². The number of nitrogens with zero attached hydrogens (tertiary/aromatic N) is 3. The standard InChI is InChI=1S/C21H34FN5O2/c1-21(2,3)29-20(28)25-18-10-12-27(15-18)19(23-4)24-11-13-26(5)14-16-6-8-17(22)9-7-16/h6-9,18H,10-15H2,1-5H3,(H,23,24)(H,25,28)/t18-/m1/s1. The number of nitrogens with one attached hydrogen (secondary N) is 2. The van der Waals surface area contributed by atoms with Crippen molar-refractivity contribution in [3.8, 4) is 0 Å². The van der Waals surface area contributed by atoms with Crippen molar-refractivity contribution in [2.45, 2.75) is 45.4 Å². The lowest BCUT2D eigenvalue weighted by molar-refractivity contribution is 0.0507. The number of carbonyl (C=O) groups excluding carboxylic acids is 1. The first-order valence-corrected chi connectivity index (χ1v) is 10.0. The Hall–Kier alpha value is -2.35. The van der Waals surface area contributed by atoms with Gasteiger partial charge < -0.3 is 25.2 Å². The van der Waals surface area contributed by atoms with E-state index in [9.17, 15) is 9.18 Å². The molecule has 0 radical (unpaired) electrons. The summed E-state index contributed by atoms with van der Waals surface area (Å²) in [5.74, 6) is 0.612. The van der Waals surface area contributed by atoms with Crippen molar-refractivity contribution in [2.75, 3.05) is 40.3 Å². The number of guanidine groups is 1. The summed E-state index contributed by atoms with van der Waals surface area (Å²) in [6, 6.07) is 6.63. The molecule has 0 unspecified atom stereocenters. The van der Waals surface area contributed by atoms with Crippen LogP contribution in [0.25, 0.3) is 0 Å². The largest absolute Gasteiger partial charge is 0.444 e. The van der Waals surface area contributed by atoms with E-state index >= 15 is 0 Å². The van der Waals surface area contributed by atoms with Gasteiger partial charge in [0.2, 0.25) is 0 Å². The molecule has 0 saturated carbocycles. The van der Waals surface area contributed by atoms with Gasteiger partial charge in [0.05, 0.1) is 6.04 Å². The number of carbonyl (C=O) groups is 1. The molecule has 0 spiro atoms. The minimum atomic E-state index is -0.500. The van der Waals surface area contributed by atoms with Gasteiger partial charge in [-0.3, -0.25) is 4.99 Å². The van der Waals surface area contributed by atoms with E-state index in [2.05, 4.69) is 25.4 Å². The van der Waals surface area contributed by atoms with Gasteiger partial charge in [-0.05, 0) is 51.9 Å². The van der Waals surface area contributed by atoms with E-state index in [1.54, 1.807) is 19.2 Å². The molecule has 162 valence electrons. The summed E-state index contributed by atoms with van der Waals surface area (Å²) >= 11 is 0. The number of alkyl carbamates (subject to hydrolysis) is 1. The van der Waals surface area contributed by atoms with Gasteiger partial charge >= 0.3 is 6.09 Å². The zero-order valence-corrected chi connectivity index (χ0v) is 18.2. The van der Waals surface area contributed by atoms with Crippen molar-refractivity contribution in [1.29, 1.82) is 0 Å². The van der Waals surface area contributed by atoms with Gasteiger partial charge in [0.15, 0.2) is 5.96 Å². The molecule has 1 amide bonds. The fraction of sp³-hybridized carbons (Fsp3) is 0.619. The molecule has 1 aliphatic heterocycles. The van der Waals surface area contributed by atoms with E-state index in [1.807, 2.05) is 27.8 Å². The molecule has 2 N–H and O–H groups in total. The quantitative estimate of drug-likeness (QED) is 0.560. The van der Waals surface area contributed by atoms with Gasteiger partial charge in [0.25, 0.3) is 0 Å². The van der Waals surface area contributed by atoms with Gasteiger partial charge in [0.1, 0.15) is 11.4 Å². The fourth-order valence-corrected chi connectivity index (χ4v) is 3.22. The number of benzene rings is 1. The average molecular weight is 408 g/mol. The van der Waals surface area contributed by atoms with Crippen LogP contribution >= 0.6 is 0 Å². The molecule has 0 aliphatic carbocycles. The maximum atomic E-state index is 13.0. The predicted octanol–water partition coefficient (Wildman–Crippen LogP) is 2.43. The molecule has 1 aromatic rings. The second-order valence-corrected chi connectivity index (χ2v) is 8.42. The Morgan fingerprint density at radius 3 is 2.66 bits per heavy atom. The first-order chi connectivity index (χ1) is 13.7. The molecule has 1 fully saturated rings. The van der Waals surface area contributed by atoms with Crippen LogP contribution in [0.1, 0.15) is 32.8 Å². The minimum absolute atomic E-state index is 0.0459. The van der Waals surface area contributed by atoms with Crippen LogP contribution in [0.2, 0.25) is 0 Å². The average Bonchev–Trinajstić information content (AvgIpc) is 3.07. The molecule has 29 heavy (non-hydrogen) atoms. The number of hydrogen-bond donors (Lipinski definition) is 2. The van der Waals surface area contributed by atoms with Crippen molar-refractivity contribution in [2.24, 2.45) is 4.99 Å². The van der Waals surface area contributed by atoms with Crippen LogP contribution in [0.5, 0.6) is 0 Å². The van der Waals surface area contributed by atoms with Crippen molar-refractivity contribution in [1.82, 2.24) is 20.4 Å². The molecule has 8 heteroatoms. The van der Waals surface area contributed by atoms with Gasteiger partial charge in [-0.15, -0.1) is 0 Å². The Balaban J connectivity index is 1.72. The summed E-state index contributed by atoms with van der Waals surface area (Å²) < 4.78 is 18.3. The number of likely N-dealkylation sites (N-methyl/N-ethyl adjacent to an activating group) is 1. The molecule has 7 nitrogen and oxygen atoms in total. The summed E-state index contributed by atoms with van der Waals surface area (Å²) in [7, 11) is 3.80. The number of rotatable bonds is 6. The van der Waals surface area contributed by atoms with Crippen molar-refractivity contribution in [3.63, 3.8) is 0 Å². The highest BCUT2D eigenvalue weighted by Crippen LogP contribution is 2.12. The summed E-state index contributed by atoms with van der Waals surface area (Å²) in [6.07, 6.45) is 0.472. The zero-order chi connectivity index (χ0) is 21.4. The second-order valence-electron chi connectivity index (χ2n) is 8.42. The lowest BCUT2D eigenvalue weighted by atomic mass is 10.2. The third-order valence-electron chi connectivity index (χ3n) is 4.56. The third kappa shape index (κ3) is 8.27.